The molecule has 2 aromatic carbocycles. The van der Waals surface area contributed by atoms with E-state index in [-0.39, 0.29) is 23.7 Å². The minimum absolute atomic E-state index is 0.0424. The van der Waals surface area contributed by atoms with E-state index in [2.05, 4.69) is 9.97 Å². The second-order valence-corrected chi connectivity index (χ2v) is 9.62. The van der Waals surface area contributed by atoms with Gasteiger partial charge in [0, 0.05) is 43.1 Å². The van der Waals surface area contributed by atoms with Crippen LogP contribution in [0.15, 0.2) is 48.7 Å². The summed E-state index contributed by atoms with van der Waals surface area (Å²) in [6, 6.07) is 11.1. The van der Waals surface area contributed by atoms with Gasteiger partial charge in [0.05, 0.1) is 28.2 Å². The first-order valence-corrected chi connectivity index (χ1v) is 11.8. The Bertz CT molecular complexity index is 1580. The zero-order valence-corrected chi connectivity index (χ0v) is 19.2. The van der Waals surface area contributed by atoms with Crippen molar-refractivity contribution in [3.63, 3.8) is 0 Å². The molecule has 36 heavy (non-hydrogen) atoms. The molecule has 3 aliphatic rings. The summed E-state index contributed by atoms with van der Waals surface area (Å²) >= 11 is 0. The van der Waals surface area contributed by atoms with E-state index in [4.69, 9.17) is 9.47 Å². The average molecular weight is 491 g/mol. The van der Waals surface area contributed by atoms with Crippen molar-refractivity contribution in [3.05, 3.63) is 76.9 Å². The zero-order chi connectivity index (χ0) is 24.8. The molecule has 1 saturated carbocycles. The van der Waals surface area contributed by atoms with E-state index in [1.807, 2.05) is 24.3 Å². The smallest absolute Gasteiger partial charge is 0.416 e. The Labute approximate surface area is 203 Å². The van der Waals surface area contributed by atoms with Gasteiger partial charge in [-0.05, 0) is 48.9 Å². The lowest BCUT2D eigenvalue weighted by atomic mass is 9.94. The van der Waals surface area contributed by atoms with Gasteiger partial charge >= 0.3 is 6.18 Å². The molecule has 1 aliphatic heterocycles. The second-order valence-electron chi connectivity index (χ2n) is 9.62. The number of carbonyl (C=O) groups excluding carboxylic acids is 1. The van der Waals surface area contributed by atoms with Gasteiger partial charge in [-0.15, -0.1) is 0 Å². The van der Waals surface area contributed by atoms with E-state index in [1.165, 1.54) is 6.07 Å². The van der Waals surface area contributed by atoms with E-state index in [1.54, 1.807) is 17.8 Å². The van der Waals surface area contributed by atoms with Crippen molar-refractivity contribution in [1.82, 2.24) is 14.5 Å². The first kappa shape index (κ1) is 21.4. The highest BCUT2D eigenvalue weighted by Gasteiger charge is 2.61. The third-order valence-electron chi connectivity index (χ3n) is 7.45. The molecular weight excluding hydrogens is 471 g/mol. The Morgan fingerprint density at radius 1 is 1.08 bits per heavy atom. The number of Topliss-reactive ketones (excluding diaryl/α,β-unsaturated/α-hetero) is 1. The summed E-state index contributed by atoms with van der Waals surface area (Å²) in [4.78, 5) is 20.8. The van der Waals surface area contributed by atoms with Gasteiger partial charge in [0.25, 0.3) is 0 Å². The Morgan fingerprint density at radius 2 is 1.94 bits per heavy atom. The van der Waals surface area contributed by atoms with Crippen LogP contribution < -0.4 is 9.47 Å². The van der Waals surface area contributed by atoms with E-state index >= 15 is 0 Å². The van der Waals surface area contributed by atoms with E-state index in [9.17, 15) is 18.0 Å². The average Bonchev–Trinajstić information content (AvgIpc) is 3.26. The summed E-state index contributed by atoms with van der Waals surface area (Å²) in [6.07, 6.45) is -1.42. The van der Waals surface area contributed by atoms with Crippen LogP contribution in [0, 0.1) is 0 Å². The highest BCUT2D eigenvalue weighted by molar-refractivity contribution is 5.83. The molecule has 0 bridgehead atoms. The number of aromatic nitrogens is 3. The van der Waals surface area contributed by atoms with Crippen molar-refractivity contribution >= 4 is 16.8 Å². The summed E-state index contributed by atoms with van der Waals surface area (Å²) in [6.45, 7) is 0. The fourth-order valence-electron chi connectivity index (χ4n) is 5.59. The van der Waals surface area contributed by atoms with Crippen molar-refractivity contribution in [1.29, 1.82) is 0 Å². The van der Waals surface area contributed by atoms with Gasteiger partial charge < -0.3 is 14.0 Å². The van der Waals surface area contributed by atoms with Gasteiger partial charge in [-0.3, -0.25) is 9.78 Å². The van der Waals surface area contributed by atoms with Crippen molar-refractivity contribution in [2.24, 2.45) is 7.05 Å². The molecule has 0 N–H and O–H groups in total. The van der Waals surface area contributed by atoms with Crippen LogP contribution in [-0.2, 0) is 30.9 Å². The standard InChI is InChI=1S/C27H20F3N3O3/c1-33-20-10-13(27(28,29)30)2-6-18(20)32-26(33)24-23-17-12-15(4-7-21(17)36-25(23)24)35-22-8-9-31-19-11-14(34)3-5-16(19)22/h2,4,6-10,12,23-25H,3,5,11H2,1H3. The number of pyridine rings is 1. The van der Waals surface area contributed by atoms with Crippen LogP contribution in [0.4, 0.5) is 13.2 Å². The van der Waals surface area contributed by atoms with Crippen molar-refractivity contribution in [2.75, 3.05) is 0 Å². The number of ketones is 1. The molecular formula is C27H20F3N3O3. The largest absolute Gasteiger partial charge is 0.489 e. The molecule has 0 saturated heterocycles. The van der Waals surface area contributed by atoms with Gasteiger partial charge in [0.2, 0.25) is 0 Å². The minimum atomic E-state index is -4.41. The number of imidazole rings is 1. The molecule has 3 unspecified atom stereocenters. The third kappa shape index (κ3) is 3.22. The number of halogens is 3. The van der Waals surface area contributed by atoms with Gasteiger partial charge in [0.15, 0.2) is 0 Å². The molecule has 3 atom stereocenters. The number of benzene rings is 2. The fourth-order valence-corrected chi connectivity index (χ4v) is 5.59. The predicted octanol–water partition coefficient (Wildman–Crippen LogP) is 5.48. The molecule has 9 heteroatoms. The highest BCUT2D eigenvalue weighted by atomic mass is 19.4. The third-order valence-corrected chi connectivity index (χ3v) is 7.45. The van der Waals surface area contributed by atoms with Gasteiger partial charge in [-0.25, -0.2) is 4.98 Å². The fraction of sp³-hybridized carbons (Fsp3) is 0.296. The van der Waals surface area contributed by atoms with Crippen LogP contribution in [0.2, 0.25) is 0 Å². The lowest BCUT2D eigenvalue weighted by Gasteiger charge is -2.18. The molecule has 7 rings (SSSR count). The van der Waals surface area contributed by atoms with Crippen LogP contribution >= 0.6 is 0 Å². The number of ether oxygens (including phenoxy) is 2. The number of fused-ring (bicyclic) bond motifs is 5. The lowest BCUT2D eigenvalue weighted by Crippen LogP contribution is -2.15. The number of hydrogen-bond donors (Lipinski definition) is 0. The summed E-state index contributed by atoms with van der Waals surface area (Å²) in [5.41, 5.74) is 3.03. The summed E-state index contributed by atoms with van der Waals surface area (Å²) < 4.78 is 53.7. The molecule has 182 valence electrons. The maximum absolute atomic E-state index is 13.2. The first-order chi connectivity index (χ1) is 17.3. The molecule has 2 aromatic heterocycles. The normalized spacial score (nSPS) is 22.1. The number of rotatable bonds is 3. The maximum atomic E-state index is 13.2. The highest BCUT2D eigenvalue weighted by Crippen LogP contribution is 2.63. The summed E-state index contributed by atoms with van der Waals surface area (Å²) in [5.74, 6) is 3.06. The molecule has 0 radical (unpaired) electrons. The topological polar surface area (TPSA) is 66.2 Å². The van der Waals surface area contributed by atoms with Crippen LogP contribution in [0.3, 0.4) is 0 Å². The Balaban J connectivity index is 1.18. The SMILES string of the molecule is Cn1c(C2C3Oc4ccc(Oc5ccnc6c5CCC(=O)C6)cc4C32)nc2ccc(C(F)(F)F)cc21. The molecule has 4 aromatic rings. The molecule has 6 nitrogen and oxygen atoms in total. The van der Waals surface area contributed by atoms with Gasteiger partial charge in [-0.1, -0.05) is 0 Å². The van der Waals surface area contributed by atoms with E-state index in [0.29, 0.717) is 47.6 Å². The molecule has 0 amide bonds. The Hall–Kier alpha value is -3.88. The quantitative estimate of drug-likeness (QED) is 0.380. The van der Waals surface area contributed by atoms with Crippen molar-refractivity contribution in [2.45, 2.75) is 43.4 Å². The van der Waals surface area contributed by atoms with E-state index < -0.39 is 11.7 Å². The Morgan fingerprint density at radius 3 is 2.78 bits per heavy atom. The first-order valence-electron chi connectivity index (χ1n) is 11.8. The van der Waals surface area contributed by atoms with E-state index in [0.717, 1.165) is 34.7 Å². The van der Waals surface area contributed by atoms with Crippen LogP contribution in [-0.4, -0.2) is 26.4 Å². The Kier molecular flexibility index (Phi) is 4.35. The van der Waals surface area contributed by atoms with Gasteiger partial charge in [-0.2, -0.15) is 13.2 Å². The second kappa shape index (κ2) is 7.32. The summed E-state index contributed by atoms with van der Waals surface area (Å²) in [5, 5.41) is 0. The lowest BCUT2D eigenvalue weighted by molar-refractivity contribution is -0.137. The van der Waals surface area contributed by atoms with Crippen LogP contribution in [0.1, 0.15) is 46.5 Å². The summed E-state index contributed by atoms with van der Waals surface area (Å²) in [7, 11) is 1.75. The van der Waals surface area contributed by atoms with Crippen molar-refractivity contribution < 1.29 is 27.4 Å². The zero-order valence-electron chi connectivity index (χ0n) is 19.2. The number of hydrogen-bond acceptors (Lipinski definition) is 5. The molecule has 3 heterocycles. The predicted molar refractivity (Wildman–Crippen MR) is 123 cm³/mol. The van der Waals surface area contributed by atoms with Crippen molar-refractivity contribution in [3.8, 4) is 17.2 Å². The minimum Gasteiger partial charge on any atom is -0.489 e. The number of alkyl halides is 3. The monoisotopic (exact) mass is 491 g/mol. The molecule has 2 aliphatic carbocycles. The number of carbonyl (C=O) groups is 1. The number of nitrogens with zero attached hydrogens (tertiary/aromatic N) is 3. The van der Waals surface area contributed by atoms with Crippen LogP contribution in [0.5, 0.6) is 17.2 Å². The maximum Gasteiger partial charge on any atom is 0.416 e. The van der Waals surface area contributed by atoms with Gasteiger partial charge in [0.1, 0.15) is 35.0 Å². The molecule has 1 fully saturated rings. The molecule has 0 spiro atoms. The van der Waals surface area contributed by atoms with Crippen LogP contribution in [0.25, 0.3) is 11.0 Å². The number of aryl methyl sites for hydroxylation is 1.